The van der Waals surface area contributed by atoms with Crippen LogP contribution in [0.15, 0.2) is 88.6 Å². The van der Waals surface area contributed by atoms with Crippen LogP contribution in [0.4, 0.5) is 0 Å². The van der Waals surface area contributed by atoms with Crippen LogP contribution in [0, 0.1) is 0 Å². The first-order chi connectivity index (χ1) is 15.6. The molecular weight excluding hydrogens is 406 g/mol. The summed E-state index contributed by atoms with van der Waals surface area (Å²) >= 11 is 0. The third-order valence-electron chi connectivity index (χ3n) is 4.83. The van der Waals surface area contributed by atoms with Crippen LogP contribution in [0.5, 0.6) is 17.2 Å². The zero-order chi connectivity index (χ0) is 22.5. The second kappa shape index (κ2) is 9.18. The van der Waals surface area contributed by atoms with Crippen molar-refractivity contribution in [2.24, 2.45) is 10.1 Å². The number of hydrazone groups is 1. The third-order valence-corrected chi connectivity index (χ3v) is 4.83. The van der Waals surface area contributed by atoms with Crippen molar-refractivity contribution >= 4 is 24.0 Å². The van der Waals surface area contributed by atoms with Crippen LogP contribution in [-0.4, -0.2) is 42.3 Å². The van der Waals surface area contributed by atoms with E-state index in [0.29, 0.717) is 22.9 Å². The van der Waals surface area contributed by atoms with E-state index >= 15 is 0 Å². The predicted molar refractivity (Wildman–Crippen MR) is 123 cm³/mol. The number of benzene rings is 3. The summed E-state index contributed by atoms with van der Waals surface area (Å²) in [6, 6.07) is 21.6. The lowest BCUT2D eigenvalue weighted by Crippen LogP contribution is -2.27. The molecule has 0 aromatic heterocycles. The molecule has 0 aliphatic carbocycles. The van der Waals surface area contributed by atoms with Crippen LogP contribution in [0.1, 0.15) is 16.7 Å². The van der Waals surface area contributed by atoms with Crippen LogP contribution in [0.3, 0.4) is 0 Å². The molecule has 0 fully saturated rings. The van der Waals surface area contributed by atoms with Crippen molar-refractivity contribution in [1.29, 1.82) is 0 Å². The highest BCUT2D eigenvalue weighted by atomic mass is 16.5. The molecule has 0 saturated carbocycles. The smallest absolute Gasteiger partial charge is 0.298 e. The molecule has 1 amide bonds. The molecule has 3 aromatic rings. The second-order valence-corrected chi connectivity index (χ2v) is 6.87. The molecule has 3 aromatic carbocycles. The van der Waals surface area contributed by atoms with Gasteiger partial charge in [0.05, 0.1) is 20.4 Å². The number of carbonyl (C=O) groups excluding carboxylic acids is 1. The van der Waals surface area contributed by atoms with E-state index in [2.05, 4.69) is 10.1 Å². The second-order valence-electron chi connectivity index (χ2n) is 6.87. The summed E-state index contributed by atoms with van der Waals surface area (Å²) < 4.78 is 10.5. The maximum absolute atomic E-state index is 13.2. The number of para-hydroxylation sites is 1. The summed E-state index contributed by atoms with van der Waals surface area (Å²) in [6.07, 6.45) is 3.20. The van der Waals surface area contributed by atoms with Crippen molar-refractivity contribution in [3.8, 4) is 17.2 Å². The van der Waals surface area contributed by atoms with Gasteiger partial charge in [-0.25, -0.2) is 4.99 Å². The average Bonchev–Trinajstić information content (AvgIpc) is 3.14. The van der Waals surface area contributed by atoms with Crippen LogP contribution in [-0.2, 0) is 4.79 Å². The number of hydrogen-bond donors (Lipinski definition) is 1. The summed E-state index contributed by atoms with van der Waals surface area (Å²) in [5.74, 6) is 1.03. The van der Waals surface area contributed by atoms with E-state index in [1.165, 1.54) is 24.4 Å². The normalized spacial score (nSPS) is 14.8. The Kier molecular flexibility index (Phi) is 5.98. The third kappa shape index (κ3) is 4.22. The highest BCUT2D eigenvalue weighted by molar-refractivity contribution is 6.19. The van der Waals surface area contributed by atoms with Gasteiger partial charge in [-0.05, 0) is 35.9 Å². The molecule has 1 heterocycles. The van der Waals surface area contributed by atoms with Crippen molar-refractivity contribution in [2.45, 2.75) is 0 Å². The Hall–Kier alpha value is -4.39. The number of amides is 1. The van der Waals surface area contributed by atoms with Crippen molar-refractivity contribution in [2.75, 3.05) is 14.2 Å². The van der Waals surface area contributed by atoms with Crippen LogP contribution >= 0.6 is 0 Å². The molecule has 0 saturated heterocycles. The Labute approximate surface area is 185 Å². The number of phenolic OH excluding ortho intramolecular Hbond substituents is 1. The fourth-order valence-electron chi connectivity index (χ4n) is 3.22. The lowest BCUT2D eigenvalue weighted by atomic mass is 10.1. The molecule has 7 nitrogen and oxygen atoms in total. The van der Waals surface area contributed by atoms with Gasteiger partial charge in [0.15, 0.2) is 17.3 Å². The highest BCUT2D eigenvalue weighted by Crippen LogP contribution is 2.27. The Morgan fingerprint density at radius 1 is 0.938 bits per heavy atom. The summed E-state index contributed by atoms with van der Waals surface area (Å²) in [5, 5.41) is 15.4. The molecule has 7 heteroatoms. The SMILES string of the molecule is COc1cc(/C=N/N2C(=O)C(=Cc3ccccc3OC)N=C2c2ccccc2)ccc1O. The van der Waals surface area contributed by atoms with Gasteiger partial charge in [-0.2, -0.15) is 10.1 Å². The summed E-state index contributed by atoms with van der Waals surface area (Å²) in [7, 11) is 3.05. The first-order valence-electron chi connectivity index (χ1n) is 9.85. The predicted octanol–water partition coefficient (Wildman–Crippen LogP) is 4.07. The van der Waals surface area contributed by atoms with Crippen molar-refractivity contribution in [1.82, 2.24) is 5.01 Å². The molecule has 1 aliphatic heterocycles. The van der Waals surface area contributed by atoms with E-state index in [4.69, 9.17) is 9.47 Å². The number of aromatic hydroxyl groups is 1. The number of carbonyl (C=O) groups is 1. The molecule has 0 radical (unpaired) electrons. The number of amidine groups is 1. The Morgan fingerprint density at radius 2 is 1.66 bits per heavy atom. The largest absolute Gasteiger partial charge is 0.504 e. The quantitative estimate of drug-likeness (QED) is 0.475. The van der Waals surface area contributed by atoms with E-state index in [0.717, 1.165) is 11.1 Å². The standard InChI is InChI=1S/C25H21N3O4/c1-31-22-11-7-6-10-19(22)15-20-25(30)28(24(27-20)18-8-4-3-5-9-18)26-16-17-12-13-21(29)23(14-17)32-2/h3-16,29H,1-2H3/b20-15?,26-16+. The molecule has 0 spiro atoms. The maximum atomic E-state index is 13.2. The molecule has 4 rings (SSSR count). The minimum absolute atomic E-state index is 0.0236. The first kappa shape index (κ1) is 20.9. The molecule has 0 bridgehead atoms. The minimum Gasteiger partial charge on any atom is -0.504 e. The van der Waals surface area contributed by atoms with Gasteiger partial charge >= 0.3 is 0 Å². The van der Waals surface area contributed by atoms with Crippen molar-refractivity contribution in [3.05, 3.63) is 95.2 Å². The number of aliphatic imine (C=N–C) groups is 1. The molecule has 32 heavy (non-hydrogen) atoms. The number of phenols is 1. The lowest BCUT2D eigenvalue weighted by Gasteiger charge is -2.12. The molecule has 1 aliphatic rings. The van der Waals surface area contributed by atoms with Crippen LogP contribution in [0.25, 0.3) is 6.08 Å². The van der Waals surface area contributed by atoms with Crippen molar-refractivity contribution < 1.29 is 19.4 Å². The van der Waals surface area contributed by atoms with E-state index in [1.807, 2.05) is 54.6 Å². The number of hydrogen-bond acceptors (Lipinski definition) is 6. The minimum atomic E-state index is -0.364. The van der Waals surface area contributed by atoms with Gasteiger partial charge in [-0.3, -0.25) is 4.79 Å². The zero-order valence-corrected chi connectivity index (χ0v) is 17.6. The summed E-state index contributed by atoms with van der Waals surface area (Å²) in [5.41, 5.74) is 2.39. The van der Waals surface area contributed by atoms with E-state index < -0.39 is 0 Å². The van der Waals surface area contributed by atoms with Gasteiger partial charge in [0.2, 0.25) is 0 Å². The fraction of sp³-hybridized carbons (Fsp3) is 0.0800. The van der Waals surface area contributed by atoms with Gasteiger partial charge in [0, 0.05) is 11.1 Å². The van der Waals surface area contributed by atoms with Crippen molar-refractivity contribution in [3.63, 3.8) is 0 Å². The number of rotatable bonds is 6. The summed E-state index contributed by atoms with van der Waals surface area (Å²) in [4.78, 5) is 17.8. The van der Waals surface area contributed by atoms with E-state index in [-0.39, 0.29) is 17.4 Å². The Morgan fingerprint density at radius 3 is 2.41 bits per heavy atom. The van der Waals surface area contributed by atoms with Gasteiger partial charge in [-0.15, -0.1) is 0 Å². The zero-order valence-electron chi connectivity index (χ0n) is 17.6. The highest BCUT2D eigenvalue weighted by Gasteiger charge is 2.31. The number of methoxy groups -OCH3 is 2. The summed E-state index contributed by atoms with van der Waals surface area (Å²) in [6.45, 7) is 0. The van der Waals surface area contributed by atoms with Gasteiger partial charge in [-0.1, -0.05) is 48.5 Å². The fourth-order valence-corrected chi connectivity index (χ4v) is 3.22. The Balaban J connectivity index is 1.73. The molecule has 1 N–H and O–H groups in total. The van der Waals surface area contributed by atoms with Crippen LogP contribution < -0.4 is 9.47 Å². The number of ether oxygens (including phenoxy) is 2. The molecule has 160 valence electrons. The molecular formula is C25H21N3O4. The van der Waals surface area contributed by atoms with Gasteiger partial charge in [0.25, 0.3) is 5.91 Å². The topological polar surface area (TPSA) is 83.7 Å². The van der Waals surface area contributed by atoms with Gasteiger partial charge in [0.1, 0.15) is 11.4 Å². The monoisotopic (exact) mass is 427 g/mol. The van der Waals surface area contributed by atoms with Crippen LogP contribution in [0.2, 0.25) is 0 Å². The first-order valence-corrected chi connectivity index (χ1v) is 9.85. The van der Waals surface area contributed by atoms with Gasteiger partial charge < -0.3 is 14.6 Å². The average molecular weight is 427 g/mol. The molecule has 0 atom stereocenters. The van der Waals surface area contributed by atoms with E-state index in [1.54, 1.807) is 25.3 Å². The maximum Gasteiger partial charge on any atom is 0.298 e. The Bertz CT molecular complexity index is 1230. The number of nitrogens with zero attached hydrogens (tertiary/aromatic N) is 3. The van der Waals surface area contributed by atoms with E-state index in [9.17, 15) is 9.90 Å². The molecule has 0 unspecified atom stereocenters. The lowest BCUT2D eigenvalue weighted by molar-refractivity contribution is -0.122.